The number of halogens is 1. The summed E-state index contributed by atoms with van der Waals surface area (Å²) in [6.45, 7) is 9.53. The molecule has 3 rings (SSSR count). The monoisotopic (exact) mass is 313 g/mol. The van der Waals surface area contributed by atoms with Crippen LogP contribution in [-0.4, -0.2) is 21.6 Å². The van der Waals surface area contributed by atoms with E-state index in [9.17, 15) is 0 Å². The molecule has 0 bridgehead atoms. The minimum Gasteiger partial charge on any atom is -0.333 e. The quantitative estimate of drug-likeness (QED) is 0.786. The van der Waals surface area contributed by atoms with Crippen LogP contribution in [0.4, 0.5) is 0 Å². The van der Waals surface area contributed by atoms with Crippen molar-refractivity contribution in [1.82, 2.24) is 9.47 Å². The van der Waals surface area contributed by atoms with E-state index in [1.165, 1.54) is 5.69 Å². The molecule has 1 aromatic carbocycles. The van der Waals surface area contributed by atoms with Crippen LogP contribution >= 0.6 is 11.6 Å². The molecule has 0 unspecified atom stereocenters. The second kappa shape index (κ2) is 5.46. The molecule has 0 radical (unpaired) electrons. The molecule has 114 valence electrons. The molecule has 0 atom stereocenters. The number of fused-ring (bicyclic) bond motifs is 1. The Balaban J connectivity index is 2.00. The SMILES string of the molecule is CC(C)(C)N1CCn2c(cc(-c3cccc(C#N)c3)c2Cl)C1. The fraction of sp³-hybridized carbons (Fsp3) is 0.389. The summed E-state index contributed by atoms with van der Waals surface area (Å²) in [4.78, 5) is 2.47. The van der Waals surface area contributed by atoms with E-state index >= 15 is 0 Å². The molecule has 2 heterocycles. The summed E-state index contributed by atoms with van der Waals surface area (Å²) in [6, 6.07) is 12.0. The summed E-state index contributed by atoms with van der Waals surface area (Å²) in [7, 11) is 0. The first-order valence-corrected chi connectivity index (χ1v) is 7.91. The molecule has 0 amide bonds. The molecule has 1 aliphatic rings. The van der Waals surface area contributed by atoms with Crippen LogP contribution in [-0.2, 0) is 13.1 Å². The minimum atomic E-state index is 0.156. The molecule has 1 aliphatic heterocycles. The van der Waals surface area contributed by atoms with Crippen LogP contribution in [0.5, 0.6) is 0 Å². The van der Waals surface area contributed by atoms with Crippen LogP contribution in [0.2, 0.25) is 5.15 Å². The van der Waals surface area contributed by atoms with Crippen molar-refractivity contribution < 1.29 is 0 Å². The van der Waals surface area contributed by atoms with Crippen LogP contribution < -0.4 is 0 Å². The molecule has 0 fully saturated rings. The van der Waals surface area contributed by atoms with E-state index in [4.69, 9.17) is 16.9 Å². The summed E-state index contributed by atoms with van der Waals surface area (Å²) in [5, 5.41) is 9.85. The predicted octanol–water partition coefficient (Wildman–Crippen LogP) is 4.29. The van der Waals surface area contributed by atoms with Crippen molar-refractivity contribution in [2.45, 2.75) is 39.4 Å². The number of nitrogens with zero attached hydrogens (tertiary/aromatic N) is 3. The molecule has 3 nitrogen and oxygen atoms in total. The molecule has 4 heteroatoms. The average Bonchev–Trinajstić information content (AvgIpc) is 2.83. The third kappa shape index (κ3) is 2.65. The van der Waals surface area contributed by atoms with Gasteiger partial charge in [0.1, 0.15) is 5.15 Å². The van der Waals surface area contributed by atoms with Crippen molar-refractivity contribution in [2.75, 3.05) is 6.54 Å². The van der Waals surface area contributed by atoms with Gasteiger partial charge in [-0.3, -0.25) is 4.90 Å². The number of aromatic nitrogens is 1. The largest absolute Gasteiger partial charge is 0.333 e. The first-order valence-electron chi connectivity index (χ1n) is 7.53. The van der Waals surface area contributed by atoms with E-state index in [0.29, 0.717) is 5.56 Å². The van der Waals surface area contributed by atoms with Gasteiger partial charge in [-0.15, -0.1) is 0 Å². The molecule has 0 N–H and O–H groups in total. The zero-order valence-electron chi connectivity index (χ0n) is 13.2. The normalized spacial score (nSPS) is 15.4. The standard InChI is InChI=1S/C18H20ClN3/c1-18(2,3)21-7-8-22-15(12-21)10-16(17(22)19)14-6-4-5-13(9-14)11-20/h4-6,9-10H,7-8,12H2,1-3H3. The molecule has 0 saturated carbocycles. The topological polar surface area (TPSA) is 32.0 Å². The van der Waals surface area contributed by atoms with Gasteiger partial charge in [0.05, 0.1) is 11.6 Å². The predicted molar refractivity (Wildman–Crippen MR) is 89.8 cm³/mol. The van der Waals surface area contributed by atoms with Crippen LogP contribution in [0, 0.1) is 11.3 Å². The average molecular weight is 314 g/mol. The Labute approximate surface area is 136 Å². The van der Waals surface area contributed by atoms with Crippen molar-refractivity contribution >= 4 is 11.6 Å². The third-order valence-corrected chi connectivity index (χ3v) is 4.72. The summed E-state index contributed by atoms with van der Waals surface area (Å²) >= 11 is 6.60. The van der Waals surface area contributed by atoms with Gasteiger partial charge in [0, 0.05) is 36.4 Å². The van der Waals surface area contributed by atoms with Gasteiger partial charge < -0.3 is 4.57 Å². The second-order valence-corrected chi connectivity index (χ2v) is 7.13. The third-order valence-electron chi connectivity index (χ3n) is 4.31. The zero-order chi connectivity index (χ0) is 15.9. The Bertz CT molecular complexity index is 747. The first-order chi connectivity index (χ1) is 10.4. The van der Waals surface area contributed by atoms with Crippen LogP contribution in [0.3, 0.4) is 0 Å². The van der Waals surface area contributed by atoms with Crippen molar-refractivity contribution in [3.8, 4) is 17.2 Å². The van der Waals surface area contributed by atoms with Gasteiger partial charge in [0.15, 0.2) is 0 Å². The van der Waals surface area contributed by atoms with E-state index in [1.54, 1.807) is 0 Å². The highest BCUT2D eigenvalue weighted by Crippen LogP contribution is 2.35. The first kappa shape index (κ1) is 15.1. The summed E-state index contributed by atoms with van der Waals surface area (Å²) in [5.41, 5.74) is 4.08. The van der Waals surface area contributed by atoms with Gasteiger partial charge in [-0.25, -0.2) is 0 Å². The smallest absolute Gasteiger partial charge is 0.117 e. The van der Waals surface area contributed by atoms with Gasteiger partial charge in [0.2, 0.25) is 0 Å². The van der Waals surface area contributed by atoms with Gasteiger partial charge in [-0.05, 0) is 44.5 Å². The van der Waals surface area contributed by atoms with E-state index < -0.39 is 0 Å². The zero-order valence-corrected chi connectivity index (χ0v) is 14.0. The van der Waals surface area contributed by atoms with Crippen molar-refractivity contribution in [2.24, 2.45) is 0 Å². The minimum absolute atomic E-state index is 0.156. The lowest BCUT2D eigenvalue weighted by Crippen LogP contribution is -2.45. The highest BCUT2D eigenvalue weighted by Gasteiger charge is 2.28. The Hall–Kier alpha value is -1.76. The van der Waals surface area contributed by atoms with Crippen LogP contribution in [0.15, 0.2) is 30.3 Å². The fourth-order valence-corrected chi connectivity index (χ4v) is 3.33. The maximum atomic E-state index is 9.07. The Morgan fingerprint density at radius 2 is 1.95 bits per heavy atom. The van der Waals surface area contributed by atoms with Crippen molar-refractivity contribution in [3.63, 3.8) is 0 Å². The van der Waals surface area contributed by atoms with Gasteiger partial charge in [-0.2, -0.15) is 5.26 Å². The molecule has 0 spiro atoms. The molecular formula is C18H20ClN3. The van der Waals surface area contributed by atoms with E-state index in [-0.39, 0.29) is 5.54 Å². The number of nitriles is 1. The highest BCUT2D eigenvalue weighted by molar-refractivity contribution is 6.32. The second-order valence-electron chi connectivity index (χ2n) is 6.78. The Morgan fingerprint density at radius 3 is 2.64 bits per heavy atom. The van der Waals surface area contributed by atoms with Crippen LogP contribution in [0.25, 0.3) is 11.1 Å². The molecular weight excluding hydrogens is 294 g/mol. The molecule has 1 aromatic heterocycles. The molecule has 2 aromatic rings. The Kier molecular flexibility index (Phi) is 3.76. The lowest BCUT2D eigenvalue weighted by Gasteiger charge is -2.39. The lowest BCUT2D eigenvalue weighted by molar-refractivity contribution is 0.103. The number of hydrogen-bond donors (Lipinski definition) is 0. The number of hydrogen-bond acceptors (Lipinski definition) is 2. The summed E-state index contributed by atoms with van der Waals surface area (Å²) in [6.07, 6.45) is 0. The van der Waals surface area contributed by atoms with Gasteiger partial charge in [-0.1, -0.05) is 23.7 Å². The molecule has 22 heavy (non-hydrogen) atoms. The summed E-state index contributed by atoms with van der Waals surface area (Å²) < 4.78 is 2.19. The van der Waals surface area contributed by atoms with Gasteiger partial charge >= 0.3 is 0 Å². The van der Waals surface area contributed by atoms with Crippen molar-refractivity contribution in [1.29, 1.82) is 5.26 Å². The maximum Gasteiger partial charge on any atom is 0.117 e. The highest BCUT2D eigenvalue weighted by atomic mass is 35.5. The maximum absolute atomic E-state index is 9.07. The molecule has 0 aliphatic carbocycles. The van der Waals surface area contributed by atoms with Crippen molar-refractivity contribution in [3.05, 3.63) is 46.7 Å². The van der Waals surface area contributed by atoms with Crippen LogP contribution in [0.1, 0.15) is 32.0 Å². The number of rotatable bonds is 1. The molecule has 0 saturated heterocycles. The lowest BCUT2D eigenvalue weighted by atomic mass is 10.0. The van der Waals surface area contributed by atoms with E-state index in [1.807, 2.05) is 24.3 Å². The summed E-state index contributed by atoms with van der Waals surface area (Å²) in [5.74, 6) is 0. The van der Waals surface area contributed by atoms with E-state index in [0.717, 1.165) is 35.9 Å². The van der Waals surface area contributed by atoms with Gasteiger partial charge in [0.25, 0.3) is 0 Å². The Morgan fingerprint density at radius 1 is 1.18 bits per heavy atom. The fourth-order valence-electron chi connectivity index (χ4n) is 2.97. The number of benzene rings is 1. The van der Waals surface area contributed by atoms with E-state index in [2.05, 4.69) is 42.4 Å².